The van der Waals surface area contributed by atoms with Gasteiger partial charge in [-0.25, -0.2) is 9.78 Å². The van der Waals surface area contributed by atoms with Gasteiger partial charge in [-0.2, -0.15) is 0 Å². The van der Waals surface area contributed by atoms with Gasteiger partial charge < -0.3 is 15.2 Å². The predicted molar refractivity (Wildman–Crippen MR) is 89.1 cm³/mol. The number of amides is 2. The van der Waals surface area contributed by atoms with Crippen molar-refractivity contribution >= 4 is 22.5 Å². The summed E-state index contributed by atoms with van der Waals surface area (Å²) < 4.78 is 5.26. The monoisotopic (exact) mass is 333 g/mol. The Balaban J connectivity index is 1.82. The molecule has 23 heavy (non-hydrogen) atoms. The predicted octanol–water partition coefficient (Wildman–Crippen LogP) is 2.42. The van der Waals surface area contributed by atoms with Gasteiger partial charge in [0.15, 0.2) is 5.13 Å². The van der Waals surface area contributed by atoms with E-state index in [4.69, 9.17) is 4.74 Å². The first-order valence-electron chi connectivity index (χ1n) is 7.36. The zero-order valence-electron chi connectivity index (χ0n) is 13.0. The van der Waals surface area contributed by atoms with Crippen LogP contribution in [-0.4, -0.2) is 29.8 Å². The van der Waals surface area contributed by atoms with E-state index in [1.807, 2.05) is 30.5 Å². The van der Waals surface area contributed by atoms with Crippen LogP contribution in [0.5, 0.6) is 5.75 Å². The van der Waals surface area contributed by atoms with Gasteiger partial charge in [0.05, 0.1) is 24.9 Å². The van der Waals surface area contributed by atoms with E-state index in [1.54, 1.807) is 7.11 Å². The molecular formula is C16H19N3O3S. The fourth-order valence-electron chi connectivity index (χ4n) is 2.92. The number of aryl methyl sites for hydroxylation is 2. The number of rotatable bonds is 4. The number of carbonyl (C=O) groups is 1. The lowest BCUT2D eigenvalue weighted by atomic mass is 9.92. The van der Waals surface area contributed by atoms with Gasteiger partial charge in [-0.15, -0.1) is 11.3 Å². The smallest absolute Gasteiger partial charge is 0.321 e. The molecule has 3 rings (SSSR count). The average Bonchev–Trinajstić information content (AvgIpc) is 3.11. The molecule has 0 saturated heterocycles. The van der Waals surface area contributed by atoms with Crippen molar-refractivity contribution in [2.45, 2.75) is 25.3 Å². The molecule has 0 saturated carbocycles. The first kappa shape index (κ1) is 15.8. The molecule has 6 nitrogen and oxygen atoms in total. The third kappa shape index (κ3) is 3.02. The molecule has 0 bridgehead atoms. The fourth-order valence-corrected chi connectivity index (χ4v) is 3.60. The van der Waals surface area contributed by atoms with Gasteiger partial charge in [0.2, 0.25) is 0 Å². The number of fused-ring (bicyclic) bond motifs is 1. The number of anilines is 1. The van der Waals surface area contributed by atoms with Gasteiger partial charge in [0.1, 0.15) is 5.75 Å². The maximum atomic E-state index is 12.3. The van der Waals surface area contributed by atoms with Crippen LogP contribution in [-0.2, 0) is 12.0 Å². The highest BCUT2D eigenvalue weighted by molar-refractivity contribution is 7.13. The van der Waals surface area contributed by atoms with E-state index in [2.05, 4.69) is 15.6 Å². The molecule has 1 aliphatic carbocycles. The van der Waals surface area contributed by atoms with Crippen LogP contribution in [0.15, 0.2) is 23.6 Å². The van der Waals surface area contributed by atoms with Gasteiger partial charge in [-0.05, 0) is 43.0 Å². The average molecular weight is 333 g/mol. The first-order chi connectivity index (χ1) is 11.1. The van der Waals surface area contributed by atoms with Gasteiger partial charge in [0, 0.05) is 5.38 Å². The van der Waals surface area contributed by atoms with E-state index < -0.39 is 5.54 Å². The number of carbonyl (C=O) groups excluding carboxylic acids is 1. The molecular weight excluding hydrogens is 314 g/mol. The molecule has 1 atom stereocenters. The highest BCUT2D eigenvalue weighted by atomic mass is 32.1. The van der Waals surface area contributed by atoms with Crippen LogP contribution in [0.3, 0.4) is 0 Å². The van der Waals surface area contributed by atoms with Crippen LogP contribution < -0.4 is 15.4 Å². The number of aliphatic hydroxyl groups excluding tert-OH is 1. The van der Waals surface area contributed by atoms with Crippen molar-refractivity contribution in [1.82, 2.24) is 10.3 Å². The Bertz CT molecular complexity index is 731. The van der Waals surface area contributed by atoms with Gasteiger partial charge in [0.25, 0.3) is 0 Å². The molecule has 0 fully saturated rings. The van der Waals surface area contributed by atoms with Crippen LogP contribution in [0.1, 0.15) is 23.2 Å². The highest BCUT2D eigenvalue weighted by Gasteiger charge is 2.40. The van der Waals surface area contributed by atoms with Crippen LogP contribution in [0.4, 0.5) is 9.93 Å². The largest absolute Gasteiger partial charge is 0.497 e. The SMILES string of the molecule is COc1ccc2c(c1)C(CO)(NC(=O)Nc1nc(C)cs1)CC2. The summed E-state index contributed by atoms with van der Waals surface area (Å²) in [5.74, 6) is 0.709. The molecule has 1 unspecified atom stereocenters. The lowest BCUT2D eigenvalue weighted by Gasteiger charge is -2.29. The minimum absolute atomic E-state index is 0.169. The number of nitrogens with one attached hydrogen (secondary N) is 2. The number of ether oxygens (including phenoxy) is 1. The zero-order valence-corrected chi connectivity index (χ0v) is 13.9. The quantitative estimate of drug-likeness (QED) is 0.802. The topological polar surface area (TPSA) is 83.5 Å². The summed E-state index contributed by atoms with van der Waals surface area (Å²) in [5, 5.41) is 18.0. The van der Waals surface area contributed by atoms with Crippen LogP contribution in [0.25, 0.3) is 0 Å². The summed E-state index contributed by atoms with van der Waals surface area (Å²) in [4.78, 5) is 16.5. The number of nitrogens with zero attached hydrogens (tertiary/aromatic N) is 1. The number of benzene rings is 1. The van der Waals surface area contributed by atoms with E-state index in [-0.39, 0.29) is 12.6 Å². The summed E-state index contributed by atoms with van der Waals surface area (Å²) in [6.45, 7) is 1.70. The second-order valence-corrected chi connectivity index (χ2v) is 6.49. The summed E-state index contributed by atoms with van der Waals surface area (Å²) in [6.07, 6.45) is 1.45. The normalized spacial score (nSPS) is 19.3. The molecule has 1 aromatic carbocycles. The number of aromatic nitrogens is 1. The Morgan fingerprint density at radius 2 is 2.35 bits per heavy atom. The standard InChI is InChI=1S/C16H19N3O3S/c1-10-8-23-15(17-10)18-14(21)19-16(9-20)6-5-11-3-4-12(22-2)7-13(11)16/h3-4,7-8,20H,5-6,9H2,1-2H3,(H2,17,18,19,21). The van der Waals surface area contributed by atoms with Crippen LogP contribution in [0.2, 0.25) is 0 Å². The molecule has 0 spiro atoms. The molecule has 122 valence electrons. The number of hydrogen-bond donors (Lipinski definition) is 3. The second kappa shape index (κ2) is 6.17. The molecule has 1 heterocycles. The van der Waals surface area contributed by atoms with E-state index in [1.165, 1.54) is 11.3 Å². The molecule has 0 radical (unpaired) electrons. The molecule has 3 N–H and O–H groups in total. The van der Waals surface area contributed by atoms with E-state index in [0.29, 0.717) is 17.3 Å². The summed E-state index contributed by atoms with van der Waals surface area (Å²) in [5.41, 5.74) is 2.09. The summed E-state index contributed by atoms with van der Waals surface area (Å²) in [7, 11) is 1.60. The third-order valence-corrected chi connectivity index (χ3v) is 4.99. The molecule has 2 amide bonds. The van der Waals surface area contributed by atoms with Crippen LogP contribution >= 0.6 is 11.3 Å². The van der Waals surface area contributed by atoms with Gasteiger partial charge in [-0.1, -0.05) is 6.07 Å². The maximum Gasteiger partial charge on any atom is 0.321 e. The van der Waals surface area contributed by atoms with Gasteiger partial charge >= 0.3 is 6.03 Å². The number of urea groups is 1. The highest BCUT2D eigenvalue weighted by Crippen LogP contribution is 2.38. The van der Waals surface area contributed by atoms with Crippen molar-refractivity contribution in [2.24, 2.45) is 0 Å². The minimum atomic E-state index is -0.791. The third-order valence-electron chi connectivity index (χ3n) is 4.12. The summed E-state index contributed by atoms with van der Waals surface area (Å²) >= 11 is 1.37. The Labute approximate surface area is 138 Å². The molecule has 0 aliphatic heterocycles. The van der Waals surface area contributed by atoms with Crippen molar-refractivity contribution in [3.63, 3.8) is 0 Å². The fraction of sp³-hybridized carbons (Fsp3) is 0.375. The molecule has 1 aliphatic rings. The zero-order chi connectivity index (χ0) is 16.4. The molecule has 2 aromatic rings. The lowest BCUT2D eigenvalue weighted by Crippen LogP contribution is -2.48. The Kier molecular flexibility index (Phi) is 4.23. The van der Waals surface area contributed by atoms with Crippen molar-refractivity contribution in [3.8, 4) is 5.75 Å². The second-order valence-electron chi connectivity index (χ2n) is 5.64. The van der Waals surface area contributed by atoms with Crippen molar-refractivity contribution in [3.05, 3.63) is 40.4 Å². The van der Waals surface area contributed by atoms with E-state index in [0.717, 1.165) is 23.2 Å². The lowest BCUT2D eigenvalue weighted by molar-refractivity contribution is 0.163. The Morgan fingerprint density at radius 3 is 3.00 bits per heavy atom. The number of methoxy groups -OCH3 is 1. The van der Waals surface area contributed by atoms with Gasteiger partial charge in [-0.3, -0.25) is 5.32 Å². The maximum absolute atomic E-state index is 12.3. The van der Waals surface area contributed by atoms with Crippen molar-refractivity contribution < 1.29 is 14.6 Å². The number of thiazole rings is 1. The molecule has 7 heteroatoms. The first-order valence-corrected chi connectivity index (χ1v) is 8.24. The Hall–Kier alpha value is -2.12. The number of hydrogen-bond acceptors (Lipinski definition) is 5. The van der Waals surface area contributed by atoms with Crippen LogP contribution in [0, 0.1) is 6.92 Å². The van der Waals surface area contributed by atoms with E-state index in [9.17, 15) is 9.90 Å². The van der Waals surface area contributed by atoms with E-state index >= 15 is 0 Å². The van der Waals surface area contributed by atoms with Crippen molar-refractivity contribution in [2.75, 3.05) is 19.0 Å². The summed E-state index contributed by atoms with van der Waals surface area (Å²) in [6, 6.07) is 5.39. The number of aliphatic hydroxyl groups is 1. The minimum Gasteiger partial charge on any atom is -0.497 e. The Morgan fingerprint density at radius 1 is 1.52 bits per heavy atom. The van der Waals surface area contributed by atoms with Crippen molar-refractivity contribution in [1.29, 1.82) is 0 Å². The molecule has 1 aromatic heterocycles.